The smallest absolute Gasteiger partial charge is 0.305 e. The van der Waals surface area contributed by atoms with Gasteiger partial charge in [0.2, 0.25) is 0 Å². The molecule has 0 radical (unpaired) electrons. The summed E-state index contributed by atoms with van der Waals surface area (Å²) in [5.74, 6) is -0.346. The van der Waals surface area contributed by atoms with Gasteiger partial charge in [-0.25, -0.2) is 0 Å². The van der Waals surface area contributed by atoms with Gasteiger partial charge in [0, 0.05) is 6.20 Å². The molecule has 150 valence electrons. The first-order valence-electron chi connectivity index (χ1n) is 9.31. The first-order chi connectivity index (χ1) is 13.5. The Morgan fingerprint density at radius 3 is 2.57 bits per heavy atom. The van der Waals surface area contributed by atoms with Crippen LogP contribution in [0.5, 0.6) is 11.5 Å². The topological polar surface area (TPSA) is 103 Å². The predicted molar refractivity (Wildman–Crippen MR) is 102 cm³/mol. The molecule has 2 N–H and O–H groups in total. The Morgan fingerprint density at radius 2 is 1.93 bits per heavy atom. The lowest BCUT2D eigenvalue weighted by Crippen LogP contribution is -2.32. The van der Waals surface area contributed by atoms with Crippen LogP contribution in [0.25, 0.3) is 0 Å². The van der Waals surface area contributed by atoms with E-state index in [4.69, 9.17) is 9.47 Å². The van der Waals surface area contributed by atoms with Crippen LogP contribution in [-0.4, -0.2) is 41.0 Å². The fourth-order valence-electron chi connectivity index (χ4n) is 3.66. The fraction of sp³-hybridized carbons (Fsp3) is 0.450. The number of aromatic nitrogens is 2. The first kappa shape index (κ1) is 19.7. The lowest BCUT2D eigenvalue weighted by molar-refractivity contribution is -0.137. The maximum Gasteiger partial charge on any atom is 0.305 e. The number of hydrogen-bond acceptors (Lipinski definition) is 5. The van der Waals surface area contributed by atoms with Crippen molar-refractivity contribution in [2.75, 3.05) is 14.2 Å². The summed E-state index contributed by atoms with van der Waals surface area (Å²) in [7, 11) is 3.03. The molecule has 0 bridgehead atoms. The van der Waals surface area contributed by atoms with Crippen molar-refractivity contribution in [3.05, 3.63) is 41.7 Å². The first-order valence-corrected chi connectivity index (χ1v) is 9.31. The maximum absolute atomic E-state index is 12.9. The van der Waals surface area contributed by atoms with Crippen molar-refractivity contribution in [2.45, 2.75) is 44.2 Å². The second-order valence-electron chi connectivity index (χ2n) is 6.84. The molecule has 1 amide bonds. The van der Waals surface area contributed by atoms with E-state index in [9.17, 15) is 14.7 Å². The van der Waals surface area contributed by atoms with E-state index in [1.807, 2.05) is 0 Å². The maximum atomic E-state index is 12.9. The second-order valence-corrected chi connectivity index (χ2v) is 6.84. The van der Waals surface area contributed by atoms with Crippen LogP contribution in [0.1, 0.15) is 60.2 Å². The van der Waals surface area contributed by atoms with Gasteiger partial charge in [-0.3, -0.25) is 14.3 Å². The van der Waals surface area contributed by atoms with Gasteiger partial charge in [0.05, 0.1) is 32.7 Å². The molecule has 0 saturated heterocycles. The molecule has 28 heavy (non-hydrogen) atoms. The Morgan fingerprint density at radius 1 is 1.21 bits per heavy atom. The molecule has 1 aliphatic carbocycles. The van der Waals surface area contributed by atoms with Crippen LogP contribution < -0.4 is 14.8 Å². The number of ether oxygens (including phenoxy) is 2. The van der Waals surface area contributed by atoms with Gasteiger partial charge in [-0.05, 0) is 36.6 Å². The highest BCUT2D eigenvalue weighted by atomic mass is 16.5. The quantitative estimate of drug-likeness (QED) is 0.722. The number of nitrogens with one attached hydrogen (secondary N) is 1. The van der Waals surface area contributed by atoms with Crippen molar-refractivity contribution in [2.24, 2.45) is 0 Å². The highest BCUT2D eigenvalue weighted by Gasteiger charge is 2.25. The van der Waals surface area contributed by atoms with Crippen molar-refractivity contribution in [3.8, 4) is 11.5 Å². The van der Waals surface area contributed by atoms with Crippen LogP contribution >= 0.6 is 0 Å². The number of benzene rings is 1. The van der Waals surface area contributed by atoms with Gasteiger partial charge in [-0.2, -0.15) is 5.10 Å². The van der Waals surface area contributed by atoms with Crippen LogP contribution in [0.15, 0.2) is 30.5 Å². The number of carboxylic acid groups (broad SMARTS) is 1. The molecule has 1 fully saturated rings. The molecule has 3 rings (SSSR count). The summed E-state index contributed by atoms with van der Waals surface area (Å²) in [6, 6.07) is 6.27. The third-order valence-electron chi connectivity index (χ3n) is 5.07. The van der Waals surface area contributed by atoms with Crippen LogP contribution in [-0.2, 0) is 4.79 Å². The number of amides is 1. The fourth-order valence-corrected chi connectivity index (χ4v) is 3.66. The number of rotatable bonds is 8. The molecular weight excluding hydrogens is 362 g/mol. The highest BCUT2D eigenvalue weighted by molar-refractivity contribution is 5.93. The normalized spacial score (nSPS) is 15.2. The zero-order valence-corrected chi connectivity index (χ0v) is 16.1. The number of carbonyl (C=O) groups excluding carboxylic acids is 1. The standard InChI is InChI=1S/C20H25N3O5/c1-27-17-8-7-13(11-18(17)28-2)15(12-19(24)25)22-20(26)16-9-10-21-23(16)14-5-3-4-6-14/h7-11,14-15H,3-6,12H2,1-2H3,(H,22,26)(H,24,25). The molecule has 1 aromatic carbocycles. The second kappa shape index (κ2) is 8.77. The van der Waals surface area contributed by atoms with E-state index in [0.717, 1.165) is 25.7 Å². The highest BCUT2D eigenvalue weighted by Crippen LogP contribution is 2.32. The molecule has 2 aromatic rings. The van der Waals surface area contributed by atoms with Gasteiger partial charge in [0.1, 0.15) is 5.69 Å². The van der Waals surface area contributed by atoms with E-state index in [0.29, 0.717) is 22.8 Å². The molecule has 1 unspecified atom stereocenters. The minimum absolute atomic E-state index is 0.217. The van der Waals surface area contributed by atoms with Gasteiger partial charge < -0.3 is 19.9 Å². The molecule has 1 atom stereocenters. The SMILES string of the molecule is COc1ccc(C(CC(=O)O)NC(=O)c2ccnn2C2CCCC2)cc1OC. The monoisotopic (exact) mass is 387 g/mol. The van der Waals surface area contributed by atoms with Crippen molar-refractivity contribution in [1.82, 2.24) is 15.1 Å². The molecule has 8 heteroatoms. The molecule has 8 nitrogen and oxygen atoms in total. The van der Waals surface area contributed by atoms with E-state index in [1.165, 1.54) is 14.2 Å². The summed E-state index contributed by atoms with van der Waals surface area (Å²) >= 11 is 0. The summed E-state index contributed by atoms with van der Waals surface area (Å²) in [5.41, 5.74) is 1.07. The zero-order valence-electron chi connectivity index (χ0n) is 16.1. The average Bonchev–Trinajstić information content (AvgIpc) is 3.37. The van der Waals surface area contributed by atoms with Gasteiger partial charge in [0.25, 0.3) is 5.91 Å². The van der Waals surface area contributed by atoms with E-state index in [1.54, 1.807) is 35.1 Å². The van der Waals surface area contributed by atoms with E-state index in [2.05, 4.69) is 10.4 Å². The largest absolute Gasteiger partial charge is 0.493 e. The van der Waals surface area contributed by atoms with Crippen LogP contribution in [0.4, 0.5) is 0 Å². The number of carbonyl (C=O) groups is 2. The number of aliphatic carboxylic acids is 1. The van der Waals surface area contributed by atoms with Gasteiger partial charge in [-0.1, -0.05) is 18.9 Å². The number of carboxylic acids is 1. The molecule has 1 aliphatic rings. The van der Waals surface area contributed by atoms with Gasteiger partial charge in [-0.15, -0.1) is 0 Å². The molecule has 1 aromatic heterocycles. The van der Waals surface area contributed by atoms with Crippen molar-refractivity contribution in [1.29, 1.82) is 0 Å². The Hall–Kier alpha value is -3.03. The molecule has 1 heterocycles. The minimum atomic E-state index is -1.01. The molecule has 1 saturated carbocycles. The summed E-state index contributed by atoms with van der Waals surface area (Å²) < 4.78 is 12.3. The van der Waals surface area contributed by atoms with Crippen LogP contribution in [0, 0.1) is 0 Å². The molecule has 0 spiro atoms. The van der Waals surface area contributed by atoms with Crippen molar-refractivity contribution >= 4 is 11.9 Å². The summed E-state index contributed by atoms with van der Waals surface area (Å²) in [5, 5.41) is 16.5. The number of nitrogens with zero attached hydrogens (tertiary/aromatic N) is 2. The van der Waals surface area contributed by atoms with Crippen LogP contribution in [0.2, 0.25) is 0 Å². The Kier molecular flexibility index (Phi) is 6.18. The van der Waals surface area contributed by atoms with Crippen LogP contribution in [0.3, 0.4) is 0 Å². The van der Waals surface area contributed by atoms with Crippen molar-refractivity contribution < 1.29 is 24.2 Å². The van der Waals surface area contributed by atoms with Gasteiger partial charge >= 0.3 is 5.97 Å². The third kappa shape index (κ3) is 4.27. The lowest BCUT2D eigenvalue weighted by Gasteiger charge is -2.20. The molecular formula is C20H25N3O5. The van der Waals surface area contributed by atoms with E-state index >= 15 is 0 Å². The number of methoxy groups -OCH3 is 2. The lowest BCUT2D eigenvalue weighted by atomic mass is 10.0. The molecule has 0 aliphatic heterocycles. The van der Waals surface area contributed by atoms with E-state index in [-0.39, 0.29) is 18.4 Å². The zero-order chi connectivity index (χ0) is 20.1. The average molecular weight is 387 g/mol. The Labute approximate surface area is 163 Å². The summed E-state index contributed by atoms with van der Waals surface area (Å²) in [6.07, 6.45) is 5.60. The Balaban J connectivity index is 1.84. The summed E-state index contributed by atoms with van der Waals surface area (Å²) in [6.45, 7) is 0. The van der Waals surface area contributed by atoms with E-state index < -0.39 is 12.0 Å². The number of hydrogen-bond donors (Lipinski definition) is 2. The minimum Gasteiger partial charge on any atom is -0.493 e. The third-order valence-corrected chi connectivity index (χ3v) is 5.07. The Bertz CT molecular complexity index is 842. The van der Waals surface area contributed by atoms with Gasteiger partial charge in [0.15, 0.2) is 11.5 Å². The predicted octanol–water partition coefficient (Wildman–Crippen LogP) is 2.96. The van der Waals surface area contributed by atoms with Crippen molar-refractivity contribution in [3.63, 3.8) is 0 Å². The summed E-state index contributed by atoms with van der Waals surface area (Å²) in [4.78, 5) is 24.3.